The number of halogens is 2. The normalized spacial score (nSPS) is 10.7. The Morgan fingerprint density at radius 1 is 0.906 bits per heavy atom. The summed E-state index contributed by atoms with van der Waals surface area (Å²) in [6.07, 6.45) is 1.50. The van der Waals surface area contributed by atoms with Crippen molar-refractivity contribution in [1.29, 1.82) is 0 Å². The molecule has 0 saturated carbocycles. The van der Waals surface area contributed by atoms with Crippen molar-refractivity contribution in [2.24, 2.45) is 5.10 Å². The van der Waals surface area contributed by atoms with Crippen molar-refractivity contribution in [1.82, 2.24) is 5.43 Å². The predicted octanol–water partition coefficient (Wildman–Crippen LogP) is 5.44. The molecule has 2 amide bonds. The number of nitrogens with zero attached hydrogens (tertiary/aromatic N) is 1. The molecular weight excluding hydrogens is 449 g/mol. The molecule has 0 fully saturated rings. The summed E-state index contributed by atoms with van der Waals surface area (Å²) in [5, 5.41) is 7.36. The average Bonchev–Trinajstić information content (AvgIpc) is 2.80. The highest BCUT2D eigenvalue weighted by Gasteiger charge is 2.09. The van der Waals surface area contributed by atoms with Gasteiger partial charge in [0.2, 0.25) is 11.8 Å². The largest absolute Gasteiger partial charge is 0.489 e. The standard InChI is InChI=1S/C24H21Cl2N3O3/c25-19-8-11-22(21(26)14-19)28-23(30)12-13-24(31)29-27-15-17-6-9-20(10-7-17)32-16-18-4-2-1-3-5-18/h1-11,14-15H,12-13,16H2,(H,28,30)(H,29,31). The Hall–Kier alpha value is -3.35. The number of nitrogens with one attached hydrogen (secondary N) is 2. The minimum absolute atomic E-state index is 0.00619. The van der Waals surface area contributed by atoms with E-state index in [0.29, 0.717) is 22.3 Å². The molecule has 0 atom stereocenters. The molecule has 6 nitrogen and oxygen atoms in total. The van der Waals surface area contributed by atoms with Gasteiger partial charge in [-0.1, -0.05) is 53.5 Å². The van der Waals surface area contributed by atoms with Crippen molar-refractivity contribution in [3.8, 4) is 5.75 Å². The fraction of sp³-hybridized carbons (Fsp3) is 0.125. The second-order valence-corrected chi connectivity index (χ2v) is 7.65. The van der Waals surface area contributed by atoms with E-state index in [-0.39, 0.29) is 24.7 Å². The number of hydrogen-bond donors (Lipinski definition) is 2. The van der Waals surface area contributed by atoms with Gasteiger partial charge in [0, 0.05) is 17.9 Å². The molecule has 0 aliphatic carbocycles. The monoisotopic (exact) mass is 469 g/mol. The molecular formula is C24H21Cl2N3O3. The van der Waals surface area contributed by atoms with E-state index in [4.69, 9.17) is 27.9 Å². The molecule has 3 aromatic carbocycles. The molecule has 0 bridgehead atoms. The van der Waals surface area contributed by atoms with E-state index in [0.717, 1.165) is 16.9 Å². The number of hydrogen-bond acceptors (Lipinski definition) is 4. The number of hydrazone groups is 1. The minimum atomic E-state index is -0.374. The molecule has 0 aromatic heterocycles. The second kappa shape index (κ2) is 11.9. The fourth-order valence-corrected chi connectivity index (χ4v) is 3.11. The lowest BCUT2D eigenvalue weighted by atomic mass is 10.2. The maximum atomic E-state index is 12.0. The van der Waals surface area contributed by atoms with Crippen LogP contribution in [-0.4, -0.2) is 18.0 Å². The highest BCUT2D eigenvalue weighted by atomic mass is 35.5. The van der Waals surface area contributed by atoms with Gasteiger partial charge in [0.15, 0.2) is 0 Å². The second-order valence-electron chi connectivity index (χ2n) is 6.81. The van der Waals surface area contributed by atoms with Crippen molar-refractivity contribution in [2.45, 2.75) is 19.4 Å². The highest BCUT2D eigenvalue weighted by Crippen LogP contribution is 2.25. The zero-order valence-electron chi connectivity index (χ0n) is 17.1. The molecule has 0 aliphatic rings. The fourth-order valence-electron chi connectivity index (χ4n) is 2.66. The van der Waals surface area contributed by atoms with Gasteiger partial charge in [-0.2, -0.15) is 5.10 Å². The number of carbonyl (C=O) groups is 2. The van der Waals surface area contributed by atoms with Crippen molar-refractivity contribution >= 4 is 46.9 Å². The Morgan fingerprint density at radius 3 is 2.34 bits per heavy atom. The van der Waals surface area contributed by atoms with Crippen LogP contribution in [0.5, 0.6) is 5.75 Å². The maximum Gasteiger partial charge on any atom is 0.240 e. The van der Waals surface area contributed by atoms with Gasteiger partial charge in [0.25, 0.3) is 0 Å². The summed E-state index contributed by atoms with van der Waals surface area (Å²) in [5.41, 5.74) is 4.73. The number of amides is 2. The first-order chi connectivity index (χ1) is 15.5. The minimum Gasteiger partial charge on any atom is -0.489 e. The Morgan fingerprint density at radius 2 is 1.62 bits per heavy atom. The number of benzene rings is 3. The van der Waals surface area contributed by atoms with Crippen LogP contribution < -0.4 is 15.5 Å². The van der Waals surface area contributed by atoms with Gasteiger partial charge in [0.05, 0.1) is 16.9 Å². The van der Waals surface area contributed by atoms with Crippen LogP contribution in [0.15, 0.2) is 77.9 Å². The van der Waals surface area contributed by atoms with Crippen LogP contribution in [0, 0.1) is 0 Å². The van der Waals surface area contributed by atoms with Crippen LogP contribution in [0.4, 0.5) is 5.69 Å². The number of rotatable bonds is 9. The first-order valence-electron chi connectivity index (χ1n) is 9.83. The van der Waals surface area contributed by atoms with Crippen molar-refractivity contribution < 1.29 is 14.3 Å². The number of carbonyl (C=O) groups excluding carboxylic acids is 2. The first-order valence-corrected chi connectivity index (χ1v) is 10.6. The van der Waals surface area contributed by atoms with Gasteiger partial charge in [-0.15, -0.1) is 0 Å². The molecule has 0 unspecified atom stereocenters. The first kappa shape index (κ1) is 23.3. The predicted molar refractivity (Wildman–Crippen MR) is 127 cm³/mol. The summed E-state index contributed by atoms with van der Waals surface area (Å²) in [6.45, 7) is 0.488. The summed E-state index contributed by atoms with van der Waals surface area (Å²) >= 11 is 11.8. The smallest absolute Gasteiger partial charge is 0.240 e. The summed E-state index contributed by atoms with van der Waals surface area (Å²) < 4.78 is 5.73. The van der Waals surface area contributed by atoms with Crippen LogP contribution in [0.25, 0.3) is 0 Å². The summed E-state index contributed by atoms with van der Waals surface area (Å²) in [4.78, 5) is 23.9. The van der Waals surface area contributed by atoms with Crippen LogP contribution >= 0.6 is 23.2 Å². The van der Waals surface area contributed by atoms with Gasteiger partial charge in [0.1, 0.15) is 12.4 Å². The summed E-state index contributed by atoms with van der Waals surface area (Å²) in [7, 11) is 0. The van der Waals surface area contributed by atoms with Crippen LogP contribution in [0.1, 0.15) is 24.0 Å². The van der Waals surface area contributed by atoms with Gasteiger partial charge in [-0.25, -0.2) is 5.43 Å². The van der Waals surface area contributed by atoms with Crippen molar-refractivity contribution in [2.75, 3.05) is 5.32 Å². The molecule has 0 heterocycles. The maximum absolute atomic E-state index is 12.0. The summed E-state index contributed by atoms with van der Waals surface area (Å²) in [5.74, 6) is 0.0303. The molecule has 8 heteroatoms. The average molecular weight is 470 g/mol. The Labute approximate surface area is 196 Å². The molecule has 0 radical (unpaired) electrons. The lowest BCUT2D eigenvalue weighted by Crippen LogP contribution is -2.20. The van der Waals surface area contributed by atoms with Crippen LogP contribution in [0.2, 0.25) is 10.0 Å². The molecule has 0 aliphatic heterocycles. The Kier molecular flexibility index (Phi) is 8.66. The number of anilines is 1. The van der Waals surface area contributed by atoms with E-state index in [1.54, 1.807) is 12.1 Å². The van der Waals surface area contributed by atoms with E-state index < -0.39 is 0 Å². The van der Waals surface area contributed by atoms with E-state index in [1.165, 1.54) is 12.3 Å². The third-order valence-electron chi connectivity index (χ3n) is 4.32. The Balaban J connectivity index is 1.38. The van der Waals surface area contributed by atoms with Gasteiger partial charge < -0.3 is 10.1 Å². The zero-order valence-corrected chi connectivity index (χ0v) is 18.6. The third-order valence-corrected chi connectivity index (χ3v) is 4.86. The SMILES string of the molecule is O=C(CCC(=O)Nc1ccc(Cl)cc1Cl)NN=Cc1ccc(OCc2ccccc2)cc1. The van der Waals surface area contributed by atoms with Crippen LogP contribution in [-0.2, 0) is 16.2 Å². The van der Waals surface area contributed by atoms with Crippen molar-refractivity contribution in [3.05, 3.63) is 94.0 Å². The van der Waals surface area contributed by atoms with Gasteiger partial charge in [-0.3, -0.25) is 9.59 Å². The third kappa shape index (κ3) is 7.72. The molecule has 0 spiro atoms. The van der Waals surface area contributed by atoms with E-state index in [1.807, 2.05) is 54.6 Å². The lowest BCUT2D eigenvalue weighted by molar-refractivity contribution is -0.124. The molecule has 0 saturated heterocycles. The molecule has 3 rings (SSSR count). The van der Waals surface area contributed by atoms with Gasteiger partial charge >= 0.3 is 0 Å². The summed E-state index contributed by atoms with van der Waals surface area (Å²) in [6, 6.07) is 22.0. The highest BCUT2D eigenvalue weighted by molar-refractivity contribution is 6.36. The quantitative estimate of drug-likeness (QED) is 0.323. The number of ether oxygens (including phenoxy) is 1. The van der Waals surface area contributed by atoms with Crippen LogP contribution in [0.3, 0.4) is 0 Å². The van der Waals surface area contributed by atoms with E-state index in [9.17, 15) is 9.59 Å². The van der Waals surface area contributed by atoms with E-state index in [2.05, 4.69) is 15.8 Å². The molecule has 3 aromatic rings. The van der Waals surface area contributed by atoms with Crippen molar-refractivity contribution in [3.63, 3.8) is 0 Å². The Bertz CT molecular complexity index is 1090. The van der Waals surface area contributed by atoms with E-state index >= 15 is 0 Å². The molecule has 2 N–H and O–H groups in total. The molecule has 32 heavy (non-hydrogen) atoms. The molecule has 164 valence electrons. The topological polar surface area (TPSA) is 79.8 Å². The zero-order chi connectivity index (χ0) is 22.8. The van der Waals surface area contributed by atoms with Gasteiger partial charge in [-0.05, 0) is 53.6 Å². The lowest BCUT2D eigenvalue weighted by Gasteiger charge is -2.07.